The number of pyridine rings is 1. The molecule has 0 amide bonds. The van der Waals surface area contributed by atoms with Crippen molar-refractivity contribution in [1.29, 1.82) is 0 Å². The third kappa shape index (κ3) is 3.00. The van der Waals surface area contributed by atoms with Crippen molar-refractivity contribution in [2.24, 2.45) is 0 Å². The molecule has 0 atom stereocenters. The highest BCUT2D eigenvalue weighted by atomic mass is 19.2. The van der Waals surface area contributed by atoms with E-state index in [0.717, 1.165) is 23.5 Å². The molecule has 0 aliphatic rings. The second-order valence-corrected chi connectivity index (χ2v) is 3.75. The Kier molecular flexibility index (Phi) is 3.32. The molecule has 1 N–H and O–H groups in total. The highest BCUT2D eigenvalue weighted by Crippen LogP contribution is 2.13. The zero-order valence-corrected chi connectivity index (χ0v) is 9.37. The first kappa shape index (κ1) is 11.5. The molecular weight excluding hydrogens is 222 g/mol. The van der Waals surface area contributed by atoms with Gasteiger partial charge in [-0.1, -0.05) is 6.07 Å². The number of hydrogen-bond donors (Lipinski definition) is 1. The van der Waals surface area contributed by atoms with E-state index in [0.29, 0.717) is 12.2 Å². The number of anilines is 1. The van der Waals surface area contributed by atoms with E-state index in [9.17, 15) is 8.78 Å². The van der Waals surface area contributed by atoms with Crippen molar-refractivity contribution in [3.8, 4) is 0 Å². The summed E-state index contributed by atoms with van der Waals surface area (Å²) >= 11 is 0. The maximum absolute atomic E-state index is 12.9. The summed E-state index contributed by atoms with van der Waals surface area (Å²) in [4.78, 5) is 4.30. The standard InChI is InChI=1S/C13H12F2N2/c1-9-3-2-4-11(17-9)8-16-10-5-6-12(14)13(15)7-10/h2-7,16H,8H2,1H3. The summed E-state index contributed by atoms with van der Waals surface area (Å²) in [6.07, 6.45) is 0. The Morgan fingerprint density at radius 1 is 1.12 bits per heavy atom. The van der Waals surface area contributed by atoms with E-state index in [1.807, 2.05) is 25.1 Å². The number of nitrogens with one attached hydrogen (secondary N) is 1. The molecule has 1 aromatic carbocycles. The largest absolute Gasteiger partial charge is 0.379 e. The first-order chi connectivity index (χ1) is 8.15. The Balaban J connectivity index is 2.05. The fourth-order valence-electron chi connectivity index (χ4n) is 1.50. The van der Waals surface area contributed by atoms with Gasteiger partial charge in [-0.25, -0.2) is 8.78 Å². The van der Waals surface area contributed by atoms with Crippen LogP contribution in [-0.2, 0) is 6.54 Å². The van der Waals surface area contributed by atoms with E-state index in [2.05, 4.69) is 10.3 Å². The lowest BCUT2D eigenvalue weighted by Crippen LogP contribution is -2.02. The van der Waals surface area contributed by atoms with Crippen LogP contribution in [0.1, 0.15) is 11.4 Å². The molecule has 17 heavy (non-hydrogen) atoms. The molecule has 2 aromatic rings. The highest BCUT2D eigenvalue weighted by Gasteiger charge is 2.02. The quantitative estimate of drug-likeness (QED) is 0.881. The number of nitrogens with zero attached hydrogens (tertiary/aromatic N) is 1. The topological polar surface area (TPSA) is 24.9 Å². The van der Waals surface area contributed by atoms with Gasteiger partial charge in [0, 0.05) is 17.4 Å². The Bertz CT molecular complexity index is 527. The van der Waals surface area contributed by atoms with E-state index >= 15 is 0 Å². The predicted octanol–water partition coefficient (Wildman–Crippen LogP) is 3.28. The van der Waals surface area contributed by atoms with Crippen LogP contribution in [0.3, 0.4) is 0 Å². The number of rotatable bonds is 3. The molecule has 2 nitrogen and oxygen atoms in total. The van der Waals surface area contributed by atoms with Gasteiger partial charge in [-0.15, -0.1) is 0 Å². The van der Waals surface area contributed by atoms with E-state index in [4.69, 9.17) is 0 Å². The van der Waals surface area contributed by atoms with Crippen molar-refractivity contribution >= 4 is 5.69 Å². The molecule has 0 aliphatic carbocycles. The number of hydrogen-bond acceptors (Lipinski definition) is 2. The summed E-state index contributed by atoms with van der Waals surface area (Å²) in [5.74, 6) is -1.70. The van der Waals surface area contributed by atoms with Gasteiger partial charge in [0.2, 0.25) is 0 Å². The molecule has 2 rings (SSSR count). The summed E-state index contributed by atoms with van der Waals surface area (Å²) in [6.45, 7) is 2.38. The SMILES string of the molecule is Cc1cccc(CNc2ccc(F)c(F)c2)n1. The smallest absolute Gasteiger partial charge is 0.160 e. The third-order valence-electron chi connectivity index (χ3n) is 2.34. The van der Waals surface area contributed by atoms with E-state index in [-0.39, 0.29) is 0 Å². The first-order valence-electron chi connectivity index (χ1n) is 5.26. The van der Waals surface area contributed by atoms with Crippen LogP contribution in [0.15, 0.2) is 36.4 Å². The normalized spacial score (nSPS) is 10.3. The van der Waals surface area contributed by atoms with Gasteiger partial charge >= 0.3 is 0 Å². The van der Waals surface area contributed by atoms with E-state index < -0.39 is 11.6 Å². The molecule has 0 saturated carbocycles. The van der Waals surface area contributed by atoms with Crippen molar-refractivity contribution in [2.45, 2.75) is 13.5 Å². The summed E-state index contributed by atoms with van der Waals surface area (Å²) in [5.41, 5.74) is 2.32. The average Bonchev–Trinajstić information content (AvgIpc) is 2.31. The molecule has 0 radical (unpaired) electrons. The lowest BCUT2D eigenvalue weighted by molar-refractivity contribution is 0.509. The minimum atomic E-state index is -0.854. The second kappa shape index (κ2) is 4.91. The van der Waals surface area contributed by atoms with Crippen molar-refractivity contribution in [3.63, 3.8) is 0 Å². The van der Waals surface area contributed by atoms with Gasteiger partial charge < -0.3 is 5.32 Å². The van der Waals surface area contributed by atoms with E-state index in [1.54, 1.807) is 0 Å². The molecule has 0 aliphatic heterocycles. The molecule has 0 spiro atoms. The van der Waals surface area contributed by atoms with Crippen molar-refractivity contribution in [2.75, 3.05) is 5.32 Å². The fraction of sp³-hybridized carbons (Fsp3) is 0.154. The number of halogens is 2. The molecular formula is C13H12F2N2. The summed E-state index contributed by atoms with van der Waals surface area (Å²) in [6, 6.07) is 9.41. The Hall–Kier alpha value is -1.97. The Morgan fingerprint density at radius 2 is 1.94 bits per heavy atom. The average molecular weight is 234 g/mol. The van der Waals surface area contributed by atoms with Gasteiger partial charge in [-0.05, 0) is 31.2 Å². The van der Waals surface area contributed by atoms with Crippen LogP contribution in [0.4, 0.5) is 14.5 Å². The van der Waals surface area contributed by atoms with Gasteiger partial charge in [0.25, 0.3) is 0 Å². The fourth-order valence-corrected chi connectivity index (χ4v) is 1.50. The number of aryl methyl sites for hydroxylation is 1. The predicted molar refractivity (Wildman–Crippen MR) is 62.7 cm³/mol. The number of aromatic nitrogens is 1. The Labute approximate surface area is 98.3 Å². The van der Waals surface area contributed by atoms with Crippen molar-refractivity contribution < 1.29 is 8.78 Å². The second-order valence-electron chi connectivity index (χ2n) is 3.75. The molecule has 0 fully saturated rings. The summed E-state index contributed by atoms with van der Waals surface area (Å²) in [5, 5.41) is 2.99. The lowest BCUT2D eigenvalue weighted by atomic mass is 10.2. The monoisotopic (exact) mass is 234 g/mol. The molecule has 88 valence electrons. The molecule has 1 heterocycles. The molecule has 0 saturated heterocycles. The molecule has 0 unspecified atom stereocenters. The van der Waals surface area contributed by atoms with Crippen LogP contribution in [0.25, 0.3) is 0 Å². The van der Waals surface area contributed by atoms with Crippen LogP contribution in [0.5, 0.6) is 0 Å². The van der Waals surface area contributed by atoms with E-state index in [1.165, 1.54) is 6.07 Å². The van der Waals surface area contributed by atoms with Crippen molar-refractivity contribution in [1.82, 2.24) is 4.98 Å². The minimum absolute atomic E-state index is 0.479. The van der Waals surface area contributed by atoms with Crippen LogP contribution in [0, 0.1) is 18.6 Å². The maximum atomic E-state index is 12.9. The van der Waals surface area contributed by atoms with Crippen LogP contribution >= 0.6 is 0 Å². The zero-order valence-electron chi connectivity index (χ0n) is 9.37. The van der Waals surface area contributed by atoms with Gasteiger partial charge in [-0.3, -0.25) is 4.98 Å². The highest BCUT2D eigenvalue weighted by molar-refractivity contribution is 5.43. The summed E-state index contributed by atoms with van der Waals surface area (Å²) < 4.78 is 25.6. The maximum Gasteiger partial charge on any atom is 0.160 e. The third-order valence-corrected chi connectivity index (χ3v) is 2.34. The zero-order chi connectivity index (χ0) is 12.3. The number of benzene rings is 1. The molecule has 4 heteroatoms. The summed E-state index contributed by atoms with van der Waals surface area (Å²) in [7, 11) is 0. The van der Waals surface area contributed by atoms with Gasteiger partial charge in [0.15, 0.2) is 11.6 Å². The Morgan fingerprint density at radius 3 is 2.65 bits per heavy atom. The lowest BCUT2D eigenvalue weighted by Gasteiger charge is -2.06. The molecule has 0 bridgehead atoms. The van der Waals surface area contributed by atoms with Gasteiger partial charge in [0.05, 0.1) is 12.2 Å². The van der Waals surface area contributed by atoms with Crippen LogP contribution in [0.2, 0.25) is 0 Å². The first-order valence-corrected chi connectivity index (χ1v) is 5.26. The van der Waals surface area contributed by atoms with Gasteiger partial charge in [-0.2, -0.15) is 0 Å². The van der Waals surface area contributed by atoms with Crippen molar-refractivity contribution in [3.05, 3.63) is 59.4 Å². The minimum Gasteiger partial charge on any atom is -0.379 e. The van der Waals surface area contributed by atoms with Crippen LogP contribution < -0.4 is 5.32 Å². The molecule has 1 aromatic heterocycles. The van der Waals surface area contributed by atoms with Gasteiger partial charge in [0.1, 0.15) is 0 Å². The van der Waals surface area contributed by atoms with Crippen LogP contribution in [-0.4, -0.2) is 4.98 Å².